The summed E-state index contributed by atoms with van der Waals surface area (Å²) in [6.07, 6.45) is 5.90. The number of amides is 1. The standard InChI is InChI=1S/C13H25N3O.ClH/c1-11(16-9-6-12(14)10-16)13(17)15-7-4-2-3-5-8-15;/h11-12H,2-10,14H2,1H3;1H/t11?,12-;/m0./s1. The molecule has 2 N–H and O–H groups in total. The van der Waals surface area contributed by atoms with E-state index in [4.69, 9.17) is 5.73 Å². The number of hydrogen-bond acceptors (Lipinski definition) is 3. The predicted octanol–water partition coefficient (Wildman–Crippen LogP) is 1.23. The van der Waals surface area contributed by atoms with Crippen molar-refractivity contribution in [3.63, 3.8) is 0 Å². The molecule has 2 fully saturated rings. The van der Waals surface area contributed by atoms with Crippen molar-refractivity contribution in [2.45, 2.75) is 51.1 Å². The Labute approximate surface area is 116 Å². The molecule has 2 saturated heterocycles. The number of rotatable bonds is 2. The average molecular weight is 276 g/mol. The van der Waals surface area contributed by atoms with Gasteiger partial charge in [-0.3, -0.25) is 9.69 Å². The van der Waals surface area contributed by atoms with Crippen LogP contribution in [-0.4, -0.2) is 54.0 Å². The topological polar surface area (TPSA) is 49.6 Å². The number of carbonyl (C=O) groups is 1. The second-order valence-electron chi connectivity index (χ2n) is 5.46. The molecule has 1 unspecified atom stereocenters. The molecule has 0 aromatic heterocycles. The first-order valence-corrected chi connectivity index (χ1v) is 6.97. The summed E-state index contributed by atoms with van der Waals surface area (Å²) in [7, 11) is 0. The molecule has 0 saturated carbocycles. The van der Waals surface area contributed by atoms with Gasteiger partial charge < -0.3 is 10.6 Å². The summed E-state index contributed by atoms with van der Waals surface area (Å²) in [5, 5.41) is 0. The lowest BCUT2D eigenvalue weighted by atomic mass is 10.2. The average Bonchev–Trinajstić information content (AvgIpc) is 2.60. The largest absolute Gasteiger partial charge is 0.341 e. The van der Waals surface area contributed by atoms with Gasteiger partial charge in [0.1, 0.15) is 0 Å². The highest BCUT2D eigenvalue weighted by Crippen LogP contribution is 2.16. The summed E-state index contributed by atoms with van der Waals surface area (Å²) in [6.45, 7) is 5.78. The second-order valence-corrected chi connectivity index (χ2v) is 5.46. The SMILES string of the molecule is CC(C(=O)N1CCCCCC1)N1CC[C@H](N)C1.Cl. The van der Waals surface area contributed by atoms with Crippen molar-refractivity contribution in [3.8, 4) is 0 Å². The summed E-state index contributed by atoms with van der Waals surface area (Å²) in [6, 6.07) is 0.274. The minimum atomic E-state index is 0. The van der Waals surface area contributed by atoms with Crippen LogP contribution in [0.5, 0.6) is 0 Å². The van der Waals surface area contributed by atoms with E-state index in [2.05, 4.69) is 9.80 Å². The van der Waals surface area contributed by atoms with Crippen LogP contribution in [0.15, 0.2) is 0 Å². The van der Waals surface area contributed by atoms with Gasteiger partial charge in [-0.25, -0.2) is 0 Å². The van der Waals surface area contributed by atoms with E-state index in [1.165, 1.54) is 12.8 Å². The Morgan fingerprint density at radius 3 is 2.28 bits per heavy atom. The van der Waals surface area contributed by atoms with E-state index >= 15 is 0 Å². The van der Waals surface area contributed by atoms with Crippen LogP contribution in [0.2, 0.25) is 0 Å². The van der Waals surface area contributed by atoms with Gasteiger partial charge in [0.25, 0.3) is 0 Å². The highest BCUT2D eigenvalue weighted by Gasteiger charge is 2.30. The quantitative estimate of drug-likeness (QED) is 0.825. The fourth-order valence-electron chi connectivity index (χ4n) is 2.88. The Bertz CT molecular complexity index is 267. The number of halogens is 1. The molecule has 0 radical (unpaired) electrons. The molecule has 18 heavy (non-hydrogen) atoms. The normalized spacial score (nSPS) is 27.4. The molecule has 0 aromatic rings. The highest BCUT2D eigenvalue weighted by atomic mass is 35.5. The van der Waals surface area contributed by atoms with Gasteiger partial charge in [-0.2, -0.15) is 0 Å². The van der Waals surface area contributed by atoms with Crippen LogP contribution in [-0.2, 0) is 4.79 Å². The molecule has 2 atom stereocenters. The summed E-state index contributed by atoms with van der Waals surface area (Å²) in [5.41, 5.74) is 5.90. The Balaban J connectivity index is 0.00000162. The van der Waals surface area contributed by atoms with Gasteiger partial charge in [0, 0.05) is 32.2 Å². The van der Waals surface area contributed by atoms with Crippen LogP contribution in [0.1, 0.15) is 39.0 Å². The van der Waals surface area contributed by atoms with Crippen LogP contribution >= 0.6 is 12.4 Å². The summed E-state index contributed by atoms with van der Waals surface area (Å²) < 4.78 is 0. The van der Waals surface area contributed by atoms with Crippen LogP contribution in [0, 0.1) is 0 Å². The zero-order chi connectivity index (χ0) is 12.3. The van der Waals surface area contributed by atoms with Crippen molar-refractivity contribution >= 4 is 18.3 Å². The van der Waals surface area contributed by atoms with Gasteiger partial charge in [-0.15, -0.1) is 12.4 Å². The number of likely N-dealkylation sites (tertiary alicyclic amines) is 2. The molecule has 2 aliphatic rings. The third kappa shape index (κ3) is 3.84. The van der Waals surface area contributed by atoms with Crippen LogP contribution in [0.4, 0.5) is 0 Å². The van der Waals surface area contributed by atoms with Crippen LogP contribution in [0.3, 0.4) is 0 Å². The maximum Gasteiger partial charge on any atom is 0.239 e. The van der Waals surface area contributed by atoms with Crippen molar-refractivity contribution in [1.29, 1.82) is 0 Å². The minimum absolute atomic E-state index is 0. The molecule has 0 aliphatic carbocycles. The smallest absolute Gasteiger partial charge is 0.239 e. The lowest BCUT2D eigenvalue weighted by molar-refractivity contribution is -0.136. The van der Waals surface area contributed by atoms with Crippen molar-refractivity contribution in [1.82, 2.24) is 9.80 Å². The molecule has 2 aliphatic heterocycles. The number of hydrogen-bond donors (Lipinski definition) is 1. The summed E-state index contributed by atoms with van der Waals surface area (Å²) in [4.78, 5) is 16.7. The van der Waals surface area contributed by atoms with Crippen LogP contribution in [0.25, 0.3) is 0 Å². The van der Waals surface area contributed by atoms with E-state index in [0.717, 1.165) is 45.4 Å². The molecular weight excluding hydrogens is 250 g/mol. The van der Waals surface area contributed by atoms with Crippen molar-refractivity contribution in [3.05, 3.63) is 0 Å². The van der Waals surface area contributed by atoms with Crippen molar-refractivity contribution in [2.24, 2.45) is 5.73 Å². The zero-order valence-electron chi connectivity index (χ0n) is 11.3. The molecule has 2 heterocycles. The third-order valence-electron chi connectivity index (χ3n) is 4.08. The fourth-order valence-corrected chi connectivity index (χ4v) is 2.88. The fraction of sp³-hybridized carbons (Fsp3) is 0.923. The van der Waals surface area contributed by atoms with E-state index in [1.807, 2.05) is 6.92 Å². The van der Waals surface area contributed by atoms with E-state index in [-0.39, 0.29) is 24.5 Å². The van der Waals surface area contributed by atoms with Gasteiger partial charge in [-0.1, -0.05) is 12.8 Å². The second kappa shape index (κ2) is 7.31. The molecule has 4 nitrogen and oxygen atoms in total. The van der Waals surface area contributed by atoms with Gasteiger partial charge >= 0.3 is 0 Å². The minimum Gasteiger partial charge on any atom is -0.341 e. The molecule has 2 rings (SSSR count). The monoisotopic (exact) mass is 275 g/mol. The Morgan fingerprint density at radius 2 is 1.78 bits per heavy atom. The van der Waals surface area contributed by atoms with E-state index in [0.29, 0.717) is 5.91 Å². The first-order chi connectivity index (χ1) is 8.18. The van der Waals surface area contributed by atoms with E-state index in [9.17, 15) is 4.79 Å². The molecule has 0 spiro atoms. The Morgan fingerprint density at radius 1 is 1.17 bits per heavy atom. The van der Waals surface area contributed by atoms with Gasteiger partial charge in [0.2, 0.25) is 5.91 Å². The summed E-state index contributed by atoms with van der Waals surface area (Å²) in [5.74, 6) is 0.306. The first kappa shape index (κ1) is 15.7. The lowest BCUT2D eigenvalue weighted by Crippen LogP contribution is -2.47. The molecular formula is C13H26ClN3O. The first-order valence-electron chi connectivity index (χ1n) is 6.97. The highest BCUT2D eigenvalue weighted by molar-refractivity contribution is 5.85. The van der Waals surface area contributed by atoms with Crippen molar-refractivity contribution < 1.29 is 4.79 Å². The Hall–Kier alpha value is -0.320. The zero-order valence-corrected chi connectivity index (χ0v) is 12.1. The Kier molecular flexibility index (Phi) is 6.39. The number of nitrogens with zero attached hydrogens (tertiary/aromatic N) is 2. The summed E-state index contributed by atoms with van der Waals surface area (Å²) >= 11 is 0. The molecule has 1 amide bonds. The number of nitrogens with two attached hydrogens (primary N) is 1. The van der Waals surface area contributed by atoms with Crippen molar-refractivity contribution in [2.75, 3.05) is 26.2 Å². The van der Waals surface area contributed by atoms with Gasteiger partial charge in [-0.05, 0) is 26.2 Å². The van der Waals surface area contributed by atoms with E-state index in [1.54, 1.807) is 0 Å². The maximum atomic E-state index is 12.4. The van der Waals surface area contributed by atoms with Gasteiger partial charge in [0.05, 0.1) is 6.04 Å². The third-order valence-corrected chi connectivity index (χ3v) is 4.08. The molecule has 106 valence electrons. The maximum absolute atomic E-state index is 12.4. The predicted molar refractivity (Wildman–Crippen MR) is 75.9 cm³/mol. The van der Waals surface area contributed by atoms with E-state index < -0.39 is 0 Å². The lowest BCUT2D eigenvalue weighted by Gasteiger charge is -2.29. The molecule has 0 aromatic carbocycles. The molecule has 0 bridgehead atoms. The molecule has 5 heteroatoms. The van der Waals surface area contributed by atoms with Crippen LogP contribution < -0.4 is 5.73 Å². The number of carbonyl (C=O) groups excluding carboxylic acids is 1. The van der Waals surface area contributed by atoms with Gasteiger partial charge in [0.15, 0.2) is 0 Å².